The second-order valence-electron chi connectivity index (χ2n) is 7.51. The van der Waals surface area contributed by atoms with Crippen LogP contribution in [0.15, 0.2) is 59.1 Å². The van der Waals surface area contributed by atoms with Gasteiger partial charge in [0.25, 0.3) is 0 Å². The second-order valence-corrected chi connectivity index (χ2v) is 7.51. The van der Waals surface area contributed by atoms with Gasteiger partial charge in [0.1, 0.15) is 5.75 Å². The van der Waals surface area contributed by atoms with Crippen molar-refractivity contribution in [2.75, 3.05) is 19.0 Å². The number of carbonyl (C=O) groups excluding carboxylic acids is 2. The van der Waals surface area contributed by atoms with Crippen LogP contribution in [0.2, 0.25) is 0 Å². The van der Waals surface area contributed by atoms with Gasteiger partial charge in [0.2, 0.25) is 11.8 Å². The average molecular weight is 419 g/mol. The zero-order valence-electron chi connectivity index (χ0n) is 17.5. The first-order valence-electron chi connectivity index (χ1n) is 10.4. The lowest BCUT2D eigenvalue weighted by Gasteiger charge is -2.16. The van der Waals surface area contributed by atoms with Crippen LogP contribution in [0.5, 0.6) is 5.75 Å². The predicted molar refractivity (Wildman–Crippen MR) is 117 cm³/mol. The van der Waals surface area contributed by atoms with Gasteiger partial charge in [-0.15, -0.1) is 0 Å². The molecule has 160 valence electrons. The van der Waals surface area contributed by atoms with Crippen LogP contribution >= 0.6 is 0 Å². The molecule has 0 spiro atoms. The Bertz CT molecular complexity index is 1060. The molecule has 2 heterocycles. The van der Waals surface area contributed by atoms with Crippen LogP contribution in [0.25, 0.3) is 11.3 Å². The quantitative estimate of drug-likeness (QED) is 0.596. The number of ether oxygens (including phenoxy) is 1. The number of amides is 2. The standard InChI is InChI=1S/C24H25N3O4/c1-30-20-9-7-18(8-10-20)21-15-25-23(31-21)12-11-22(28)26-19-5-2-4-17(14-19)16-27-13-3-6-24(27)29/h2,4-5,7-10,14-15H,3,6,11-13,16H2,1H3,(H,26,28). The molecular formula is C24H25N3O4. The molecule has 1 saturated heterocycles. The third-order valence-corrected chi connectivity index (χ3v) is 5.25. The number of hydrogen-bond donors (Lipinski definition) is 1. The molecule has 2 amide bonds. The van der Waals surface area contributed by atoms with Gasteiger partial charge in [-0.05, 0) is 48.4 Å². The molecule has 3 aromatic rings. The predicted octanol–water partition coefficient (Wildman–Crippen LogP) is 4.04. The maximum atomic E-state index is 12.4. The average Bonchev–Trinajstić information content (AvgIpc) is 3.42. The Morgan fingerprint density at radius 3 is 2.81 bits per heavy atom. The van der Waals surface area contributed by atoms with Gasteiger partial charge in [-0.3, -0.25) is 9.59 Å². The van der Waals surface area contributed by atoms with Gasteiger partial charge in [-0.25, -0.2) is 4.98 Å². The fourth-order valence-corrected chi connectivity index (χ4v) is 3.60. The van der Waals surface area contributed by atoms with Gasteiger partial charge in [0.15, 0.2) is 11.7 Å². The number of carbonyl (C=O) groups is 2. The number of rotatable bonds is 8. The monoisotopic (exact) mass is 419 g/mol. The van der Waals surface area contributed by atoms with E-state index in [-0.39, 0.29) is 18.2 Å². The summed E-state index contributed by atoms with van der Waals surface area (Å²) in [4.78, 5) is 30.3. The summed E-state index contributed by atoms with van der Waals surface area (Å²) in [5, 5.41) is 2.91. The summed E-state index contributed by atoms with van der Waals surface area (Å²) >= 11 is 0. The third-order valence-electron chi connectivity index (χ3n) is 5.25. The Labute approximate surface area is 181 Å². The summed E-state index contributed by atoms with van der Waals surface area (Å²) in [6, 6.07) is 15.1. The lowest BCUT2D eigenvalue weighted by Crippen LogP contribution is -2.23. The van der Waals surface area contributed by atoms with E-state index in [0.717, 1.165) is 35.5 Å². The van der Waals surface area contributed by atoms with E-state index in [1.807, 2.05) is 53.4 Å². The smallest absolute Gasteiger partial charge is 0.224 e. The molecule has 1 aliphatic rings. The summed E-state index contributed by atoms with van der Waals surface area (Å²) in [5.41, 5.74) is 2.63. The van der Waals surface area contributed by atoms with Crippen molar-refractivity contribution in [2.24, 2.45) is 0 Å². The molecule has 0 saturated carbocycles. The second kappa shape index (κ2) is 9.47. The molecule has 0 bridgehead atoms. The molecule has 7 heteroatoms. The molecule has 31 heavy (non-hydrogen) atoms. The molecular weight excluding hydrogens is 394 g/mol. The van der Waals surface area contributed by atoms with E-state index in [0.29, 0.717) is 31.0 Å². The summed E-state index contributed by atoms with van der Waals surface area (Å²) in [7, 11) is 1.62. The molecule has 1 aromatic heterocycles. The van der Waals surface area contributed by atoms with Crippen molar-refractivity contribution in [2.45, 2.75) is 32.2 Å². The number of aryl methyl sites for hydroxylation is 1. The molecule has 4 rings (SSSR count). The van der Waals surface area contributed by atoms with Crippen LogP contribution in [-0.2, 0) is 22.6 Å². The van der Waals surface area contributed by atoms with E-state index in [2.05, 4.69) is 10.3 Å². The van der Waals surface area contributed by atoms with Crippen LogP contribution in [0.1, 0.15) is 30.7 Å². The van der Waals surface area contributed by atoms with Crippen LogP contribution in [0.4, 0.5) is 5.69 Å². The molecule has 2 aromatic carbocycles. The Kier molecular flexibility index (Phi) is 6.31. The largest absolute Gasteiger partial charge is 0.497 e. The highest BCUT2D eigenvalue weighted by atomic mass is 16.5. The highest BCUT2D eigenvalue weighted by molar-refractivity contribution is 5.90. The normalized spacial score (nSPS) is 13.5. The first-order valence-corrected chi connectivity index (χ1v) is 10.4. The van der Waals surface area contributed by atoms with Crippen molar-refractivity contribution in [3.8, 4) is 17.1 Å². The summed E-state index contributed by atoms with van der Waals surface area (Å²) in [6.07, 6.45) is 3.87. The highest BCUT2D eigenvalue weighted by Crippen LogP contribution is 2.23. The summed E-state index contributed by atoms with van der Waals surface area (Å²) in [6.45, 7) is 1.37. The zero-order chi connectivity index (χ0) is 21.6. The van der Waals surface area contributed by atoms with E-state index in [4.69, 9.17) is 9.15 Å². The van der Waals surface area contributed by atoms with Crippen LogP contribution in [-0.4, -0.2) is 35.4 Å². The fourth-order valence-electron chi connectivity index (χ4n) is 3.60. The zero-order valence-corrected chi connectivity index (χ0v) is 17.5. The van der Waals surface area contributed by atoms with Crippen molar-refractivity contribution < 1.29 is 18.7 Å². The molecule has 1 N–H and O–H groups in total. The minimum absolute atomic E-state index is 0.112. The van der Waals surface area contributed by atoms with Gasteiger partial charge in [0.05, 0.1) is 13.3 Å². The topological polar surface area (TPSA) is 84.7 Å². The maximum absolute atomic E-state index is 12.4. The minimum atomic E-state index is -0.112. The van der Waals surface area contributed by atoms with Crippen molar-refractivity contribution in [3.63, 3.8) is 0 Å². The van der Waals surface area contributed by atoms with E-state index in [9.17, 15) is 9.59 Å². The first-order chi connectivity index (χ1) is 15.1. The molecule has 0 aliphatic carbocycles. The lowest BCUT2D eigenvalue weighted by atomic mass is 10.2. The third kappa shape index (κ3) is 5.31. The number of methoxy groups -OCH3 is 1. The van der Waals surface area contributed by atoms with Crippen LogP contribution in [0, 0.1) is 0 Å². The number of nitrogens with one attached hydrogen (secondary N) is 1. The number of benzene rings is 2. The number of oxazole rings is 1. The number of nitrogens with zero attached hydrogens (tertiary/aromatic N) is 2. The van der Waals surface area contributed by atoms with Crippen LogP contribution < -0.4 is 10.1 Å². The van der Waals surface area contributed by atoms with E-state index >= 15 is 0 Å². The number of hydrogen-bond acceptors (Lipinski definition) is 5. The highest BCUT2D eigenvalue weighted by Gasteiger charge is 2.20. The summed E-state index contributed by atoms with van der Waals surface area (Å²) in [5.74, 6) is 2.02. The van der Waals surface area contributed by atoms with E-state index < -0.39 is 0 Å². The van der Waals surface area contributed by atoms with Crippen molar-refractivity contribution in [1.29, 1.82) is 0 Å². The Morgan fingerprint density at radius 2 is 2.06 bits per heavy atom. The molecule has 0 unspecified atom stereocenters. The molecule has 0 radical (unpaired) electrons. The Hall–Kier alpha value is -3.61. The Balaban J connectivity index is 1.30. The van der Waals surface area contributed by atoms with Crippen molar-refractivity contribution in [1.82, 2.24) is 9.88 Å². The Morgan fingerprint density at radius 1 is 1.23 bits per heavy atom. The minimum Gasteiger partial charge on any atom is -0.497 e. The SMILES string of the molecule is COc1ccc(-c2cnc(CCC(=O)Nc3cccc(CN4CCCC4=O)c3)o2)cc1. The van der Waals surface area contributed by atoms with Crippen molar-refractivity contribution >= 4 is 17.5 Å². The lowest BCUT2D eigenvalue weighted by molar-refractivity contribution is -0.128. The van der Waals surface area contributed by atoms with Gasteiger partial charge >= 0.3 is 0 Å². The van der Waals surface area contributed by atoms with Crippen molar-refractivity contribution in [3.05, 3.63) is 66.2 Å². The molecule has 1 fully saturated rings. The first kappa shape index (κ1) is 20.7. The van der Waals surface area contributed by atoms with Gasteiger partial charge in [-0.2, -0.15) is 0 Å². The van der Waals surface area contributed by atoms with Gasteiger partial charge in [-0.1, -0.05) is 12.1 Å². The molecule has 1 aliphatic heterocycles. The number of aromatic nitrogens is 1. The number of anilines is 1. The fraction of sp³-hybridized carbons (Fsp3) is 0.292. The van der Waals surface area contributed by atoms with Crippen LogP contribution in [0.3, 0.4) is 0 Å². The summed E-state index contributed by atoms with van der Waals surface area (Å²) < 4.78 is 10.9. The molecule has 0 atom stereocenters. The van der Waals surface area contributed by atoms with Gasteiger partial charge < -0.3 is 19.4 Å². The molecule has 7 nitrogen and oxygen atoms in total. The number of likely N-dealkylation sites (tertiary alicyclic amines) is 1. The van der Waals surface area contributed by atoms with E-state index in [1.54, 1.807) is 13.3 Å². The van der Waals surface area contributed by atoms with E-state index in [1.165, 1.54) is 0 Å². The van der Waals surface area contributed by atoms with Gasteiger partial charge in [0, 0.05) is 43.6 Å². The maximum Gasteiger partial charge on any atom is 0.224 e.